The number of halogens is 8. The molecular formula is C36H34F8N2O7S. The first kappa shape index (κ1) is 40.6. The lowest BCUT2D eigenvalue weighted by Crippen LogP contribution is -2.56. The highest BCUT2D eigenvalue weighted by Gasteiger charge is 2.73. The Hall–Kier alpha value is -4.58. The van der Waals surface area contributed by atoms with Crippen molar-refractivity contribution in [2.45, 2.75) is 60.4 Å². The highest BCUT2D eigenvalue weighted by atomic mass is 32.2. The standard InChI is InChI=1S/C36H34F8N2O7S/c1-22(47)45-17-14-23(15-18-45)31(48)46-19-16-33(21-46,54(50,51)27-12-10-26(37)11-13-27)24-6-8-25(9-7-24)34(35(39,40)41,36(42,43)44)53-20-29-28(32(49)52-2)4-3-5-30(29)38/h3-13,23H,14-21H2,1-2H3. The Balaban J connectivity index is 1.57. The molecule has 2 aliphatic heterocycles. The van der Waals surface area contributed by atoms with Crippen molar-refractivity contribution in [2.24, 2.45) is 5.92 Å². The van der Waals surface area contributed by atoms with E-state index in [1.807, 2.05) is 0 Å². The van der Waals surface area contributed by atoms with Crippen molar-refractivity contribution in [2.75, 3.05) is 33.3 Å². The van der Waals surface area contributed by atoms with Gasteiger partial charge in [-0.3, -0.25) is 9.59 Å². The molecule has 9 nitrogen and oxygen atoms in total. The quantitative estimate of drug-likeness (QED) is 0.139. The minimum absolute atomic E-state index is 0.156. The van der Waals surface area contributed by atoms with Crippen LogP contribution in [-0.2, 0) is 45.9 Å². The van der Waals surface area contributed by atoms with Gasteiger partial charge in [-0.2, -0.15) is 26.3 Å². The van der Waals surface area contributed by atoms with E-state index in [1.165, 1.54) is 11.8 Å². The van der Waals surface area contributed by atoms with Crippen LogP contribution in [0.25, 0.3) is 0 Å². The molecule has 2 heterocycles. The van der Waals surface area contributed by atoms with Gasteiger partial charge < -0.3 is 19.3 Å². The van der Waals surface area contributed by atoms with Gasteiger partial charge >= 0.3 is 18.3 Å². The van der Waals surface area contributed by atoms with E-state index in [9.17, 15) is 57.9 Å². The van der Waals surface area contributed by atoms with Gasteiger partial charge in [-0.15, -0.1) is 0 Å². The molecule has 1 atom stereocenters. The lowest BCUT2D eigenvalue weighted by Gasteiger charge is -2.38. The number of amides is 2. The molecule has 0 saturated carbocycles. The molecular weight excluding hydrogens is 756 g/mol. The van der Waals surface area contributed by atoms with E-state index in [0.717, 1.165) is 55.6 Å². The maximum atomic E-state index is 14.8. The Kier molecular flexibility index (Phi) is 11.2. The zero-order valence-electron chi connectivity index (χ0n) is 28.8. The van der Waals surface area contributed by atoms with Gasteiger partial charge in [0.15, 0.2) is 9.84 Å². The largest absolute Gasteiger partial charge is 0.465 e. The maximum absolute atomic E-state index is 14.8. The van der Waals surface area contributed by atoms with Gasteiger partial charge in [-0.1, -0.05) is 30.3 Å². The Morgan fingerprint density at radius 3 is 1.96 bits per heavy atom. The highest BCUT2D eigenvalue weighted by molar-refractivity contribution is 7.92. The number of rotatable bonds is 9. The highest BCUT2D eigenvalue weighted by Crippen LogP contribution is 2.54. The van der Waals surface area contributed by atoms with Gasteiger partial charge in [0.2, 0.25) is 11.8 Å². The molecule has 0 aliphatic carbocycles. The molecule has 1 unspecified atom stereocenters. The van der Waals surface area contributed by atoms with E-state index in [1.54, 1.807) is 4.90 Å². The van der Waals surface area contributed by atoms with Crippen LogP contribution in [0, 0.1) is 17.6 Å². The zero-order chi connectivity index (χ0) is 39.9. The first-order valence-corrected chi connectivity index (χ1v) is 18.0. The smallest absolute Gasteiger partial charge is 0.430 e. The lowest BCUT2D eigenvalue weighted by molar-refractivity contribution is -0.392. The van der Waals surface area contributed by atoms with Crippen molar-refractivity contribution >= 4 is 27.6 Å². The summed E-state index contributed by atoms with van der Waals surface area (Å²) in [5.41, 5.74) is -8.53. The molecule has 3 aromatic rings. The Morgan fingerprint density at radius 2 is 1.43 bits per heavy atom. The zero-order valence-corrected chi connectivity index (χ0v) is 29.6. The fourth-order valence-corrected chi connectivity index (χ4v) is 9.13. The summed E-state index contributed by atoms with van der Waals surface area (Å²) in [6.07, 6.45) is -12.2. The second kappa shape index (κ2) is 14.9. The number of carbonyl (C=O) groups excluding carboxylic acids is 3. The van der Waals surface area contributed by atoms with Crippen LogP contribution in [0.3, 0.4) is 0 Å². The number of esters is 1. The van der Waals surface area contributed by atoms with Crippen LogP contribution in [0.5, 0.6) is 0 Å². The molecule has 2 aliphatic rings. The molecule has 2 fully saturated rings. The molecule has 0 spiro atoms. The number of nitrogens with zero attached hydrogens (tertiary/aromatic N) is 2. The van der Waals surface area contributed by atoms with Gasteiger partial charge in [0.05, 0.1) is 24.2 Å². The van der Waals surface area contributed by atoms with Gasteiger partial charge in [0.1, 0.15) is 16.4 Å². The normalized spacial score (nSPS) is 18.9. The summed E-state index contributed by atoms with van der Waals surface area (Å²) in [6.45, 7) is -0.444. The molecule has 54 heavy (non-hydrogen) atoms. The van der Waals surface area contributed by atoms with Gasteiger partial charge in [-0.25, -0.2) is 22.0 Å². The fraction of sp³-hybridized carbons (Fsp3) is 0.417. The molecule has 3 aromatic carbocycles. The number of benzene rings is 3. The number of alkyl halides is 6. The first-order chi connectivity index (χ1) is 25.2. The van der Waals surface area contributed by atoms with Crippen molar-refractivity contribution in [3.05, 3.63) is 101 Å². The topological polar surface area (TPSA) is 110 Å². The number of carbonyl (C=O) groups is 3. The van der Waals surface area contributed by atoms with Gasteiger partial charge in [0.25, 0.3) is 5.60 Å². The lowest BCUT2D eigenvalue weighted by atomic mass is 9.88. The molecule has 0 aromatic heterocycles. The summed E-state index contributed by atoms with van der Waals surface area (Å²) in [5.74, 6) is -4.58. The summed E-state index contributed by atoms with van der Waals surface area (Å²) in [6, 6.07) is 8.57. The minimum Gasteiger partial charge on any atom is -0.465 e. The predicted molar refractivity (Wildman–Crippen MR) is 174 cm³/mol. The van der Waals surface area contributed by atoms with Crippen molar-refractivity contribution in [3.63, 3.8) is 0 Å². The van der Waals surface area contributed by atoms with Crippen LogP contribution >= 0.6 is 0 Å². The molecule has 2 amide bonds. The second-order valence-corrected chi connectivity index (χ2v) is 15.3. The molecule has 2 saturated heterocycles. The SMILES string of the molecule is COC(=O)c1cccc(F)c1COC(c1ccc(C2(S(=O)(=O)c3ccc(F)cc3)CCN(C(=O)C3CCN(C(C)=O)CC3)C2)cc1)(C(F)(F)F)C(F)(F)F. The number of sulfone groups is 1. The van der Waals surface area contributed by atoms with Crippen molar-refractivity contribution in [3.8, 4) is 0 Å². The molecule has 0 N–H and O–H groups in total. The second-order valence-electron chi connectivity index (χ2n) is 13.0. The summed E-state index contributed by atoms with van der Waals surface area (Å²) < 4.78 is 153. The average molecular weight is 791 g/mol. The summed E-state index contributed by atoms with van der Waals surface area (Å²) in [7, 11) is -3.76. The number of hydrogen-bond donors (Lipinski definition) is 0. The third-order valence-electron chi connectivity index (χ3n) is 10.0. The Morgan fingerprint density at radius 1 is 0.833 bits per heavy atom. The molecule has 5 rings (SSSR count). The van der Waals surface area contributed by atoms with Crippen LogP contribution in [-0.4, -0.2) is 81.6 Å². The first-order valence-electron chi connectivity index (χ1n) is 16.5. The van der Waals surface area contributed by atoms with Crippen molar-refractivity contribution in [1.82, 2.24) is 9.80 Å². The van der Waals surface area contributed by atoms with E-state index in [4.69, 9.17) is 0 Å². The van der Waals surface area contributed by atoms with Crippen LogP contribution in [0.4, 0.5) is 35.1 Å². The van der Waals surface area contributed by atoms with Gasteiger partial charge in [0, 0.05) is 50.1 Å². The van der Waals surface area contributed by atoms with Gasteiger partial charge in [-0.05, 0) is 61.2 Å². The van der Waals surface area contributed by atoms with Crippen molar-refractivity contribution in [1.29, 1.82) is 0 Å². The van der Waals surface area contributed by atoms with Crippen LogP contribution in [0.15, 0.2) is 71.6 Å². The average Bonchev–Trinajstić information content (AvgIpc) is 3.58. The monoisotopic (exact) mass is 790 g/mol. The number of methoxy groups -OCH3 is 1. The third-order valence-corrected chi connectivity index (χ3v) is 12.5. The number of likely N-dealkylation sites (tertiary alicyclic amines) is 2. The van der Waals surface area contributed by atoms with E-state index in [-0.39, 0.29) is 50.4 Å². The third kappa shape index (κ3) is 7.17. The summed E-state index contributed by atoms with van der Waals surface area (Å²) in [4.78, 5) is 40.0. The van der Waals surface area contributed by atoms with Crippen molar-refractivity contribution < 1.29 is 67.4 Å². The summed E-state index contributed by atoms with van der Waals surface area (Å²) >= 11 is 0. The molecule has 292 valence electrons. The maximum Gasteiger partial charge on any atom is 0.430 e. The number of piperidine rings is 1. The molecule has 0 radical (unpaired) electrons. The van der Waals surface area contributed by atoms with E-state index in [2.05, 4.69) is 9.47 Å². The van der Waals surface area contributed by atoms with Crippen LogP contribution < -0.4 is 0 Å². The Bertz CT molecular complexity index is 1980. The van der Waals surface area contributed by atoms with Crippen LogP contribution in [0.2, 0.25) is 0 Å². The number of hydrogen-bond acceptors (Lipinski definition) is 7. The summed E-state index contributed by atoms with van der Waals surface area (Å²) in [5, 5.41) is 0. The van der Waals surface area contributed by atoms with E-state index in [0.29, 0.717) is 18.2 Å². The predicted octanol–water partition coefficient (Wildman–Crippen LogP) is 6.45. The molecule has 0 bridgehead atoms. The van der Waals surface area contributed by atoms with E-state index >= 15 is 0 Å². The minimum atomic E-state index is -6.24. The molecule has 18 heteroatoms. The Labute approximate surface area is 304 Å². The van der Waals surface area contributed by atoms with Crippen LogP contribution in [0.1, 0.15) is 53.2 Å². The van der Waals surface area contributed by atoms with E-state index < -0.39 is 96.7 Å². The number of ether oxygens (including phenoxy) is 2. The fourth-order valence-electron chi connectivity index (χ4n) is 7.05.